The maximum atomic E-state index is 12.0. The van der Waals surface area contributed by atoms with Gasteiger partial charge in [-0.3, -0.25) is 14.9 Å². The number of aromatic hydroxyl groups is 1. The Bertz CT molecular complexity index is 498. The minimum absolute atomic E-state index is 0.0974. The van der Waals surface area contributed by atoms with Gasteiger partial charge in [-0.25, -0.2) is 0 Å². The monoisotopic (exact) mass is 265 g/mol. The minimum Gasteiger partial charge on any atom is -0.508 e. The van der Waals surface area contributed by atoms with Crippen molar-refractivity contribution < 1.29 is 14.8 Å². The maximum absolute atomic E-state index is 12.0. The lowest BCUT2D eigenvalue weighted by Gasteiger charge is -2.22. The lowest BCUT2D eigenvalue weighted by Crippen LogP contribution is -2.43. The third-order valence-corrected chi connectivity index (χ3v) is 3.06. The molecule has 1 saturated heterocycles. The highest BCUT2D eigenvalue weighted by Gasteiger charge is 2.23. The summed E-state index contributed by atoms with van der Waals surface area (Å²) in [7, 11) is 0. The second-order valence-corrected chi connectivity index (χ2v) is 4.45. The number of carbonyl (C=O) groups excluding carboxylic acids is 1. The topological polar surface area (TPSA) is 104 Å². The Morgan fingerprint density at radius 1 is 1.47 bits per heavy atom. The molecule has 1 heterocycles. The summed E-state index contributed by atoms with van der Waals surface area (Å²) in [5.41, 5.74) is -0.218. The number of piperidine rings is 1. The van der Waals surface area contributed by atoms with Crippen LogP contribution in [-0.4, -0.2) is 28.5 Å². The number of phenolic OH excluding ortho intramolecular Hbond substituents is 1. The molecule has 0 saturated carbocycles. The molecule has 2 rings (SSSR count). The molecule has 1 amide bonds. The highest BCUT2D eigenvalue weighted by Crippen LogP contribution is 2.28. The van der Waals surface area contributed by atoms with E-state index in [2.05, 4.69) is 10.6 Å². The average molecular weight is 265 g/mol. The number of nitro groups is 1. The summed E-state index contributed by atoms with van der Waals surface area (Å²) >= 11 is 0. The lowest BCUT2D eigenvalue weighted by molar-refractivity contribution is -0.384. The van der Waals surface area contributed by atoms with Crippen LogP contribution < -0.4 is 10.6 Å². The molecule has 19 heavy (non-hydrogen) atoms. The van der Waals surface area contributed by atoms with Gasteiger partial charge < -0.3 is 15.7 Å². The molecule has 0 unspecified atom stereocenters. The van der Waals surface area contributed by atoms with E-state index in [0.29, 0.717) is 0 Å². The molecule has 0 aromatic heterocycles. The molecule has 1 aromatic rings. The second kappa shape index (κ2) is 5.66. The molecule has 1 aliphatic heterocycles. The first-order valence-electron chi connectivity index (χ1n) is 6.09. The Morgan fingerprint density at radius 2 is 2.26 bits per heavy atom. The number of nitrogens with one attached hydrogen (secondary N) is 2. The number of hydrogen-bond acceptors (Lipinski definition) is 5. The molecule has 102 valence electrons. The normalized spacial score (nSPS) is 18.8. The fraction of sp³-hybridized carbons (Fsp3) is 0.417. The van der Waals surface area contributed by atoms with Gasteiger partial charge in [0.25, 0.3) is 5.69 Å². The van der Waals surface area contributed by atoms with Crippen LogP contribution in [0.2, 0.25) is 0 Å². The Kier molecular flexibility index (Phi) is 3.96. The molecule has 3 N–H and O–H groups in total. The van der Waals surface area contributed by atoms with Gasteiger partial charge in [-0.2, -0.15) is 0 Å². The van der Waals surface area contributed by atoms with Crippen LogP contribution in [0.4, 0.5) is 11.4 Å². The van der Waals surface area contributed by atoms with Crippen LogP contribution in [0.3, 0.4) is 0 Å². The number of benzene rings is 1. The van der Waals surface area contributed by atoms with Crippen molar-refractivity contribution in [3.8, 4) is 5.75 Å². The molecular formula is C12H15N3O4. The quantitative estimate of drug-likeness (QED) is 0.435. The summed E-state index contributed by atoms with van der Waals surface area (Å²) in [6, 6.07) is 3.33. The van der Waals surface area contributed by atoms with Gasteiger partial charge in [-0.05, 0) is 31.5 Å². The van der Waals surface area contributed by atoms with Crippen molar-refractivity contribution >= 4 is 17.3 Å². The van der Waals surface area contributed by atoms with Gasteiger partial charge in [0.05, 0.1) is 17.0 Å². The maximum Gasteiger partial charge on any atom is 0.296 e. The van der Waals surface area contributed by atoms with Gasteiger partial charge in [-0.1, -0.05) is 6.42 Å². The van der Waals surface area contributed by atoms with E-state index in [4.69, 9.17) is 0 Å². The number of nitro benzene ring substituents is 1. The Labute approximate surface area is 109 Å². The molecule has 7 heteroatoms. The number of nitrogens with zero attached hydrogens (tertiary/aromatic N) is 1. The fourth-order valence-electron chi connectivity index (χ4n) is 2.07. The van der Waals surface area contributed by atoms with Gasteiger partial charge >= 0.3 is 0 Å². The van der Waals surface area contributed by atoms with Gasteiger partial charge in [0.1, 0.15) is 11.4 Å². The van der Waals surface area contributed by atoms with Crippen LogP contribution in [0.1, 0.15) is 19.3 Å². The Morgan fingerprint density at radius 3 is 2.89 bits per heavy atom. The predicted molar refractivity (Wildman–Crippen MR) is 69.0 cm³/mol. The van der Waals surface area contributed by atoms with Crippen LogP contribution in [0.5, 0.6) is 5.75 Å². The van der Waals surface area contributed by atoms with E-state index < -0.39 is 4.92 Å². The SMILES string of the molecule is O=C(Nc1ccc(O)cc1[N+](=O)[O-])[C@H]1CCCCN1. The van der Waals surface area contributed by atoms with E-state index in [0.717, 1.165) is 31.9 Å². The largest absolute Gasteiger partial charge is 0.508 e. The number of rotatable bonds is 3. The molecule has 1 atom stereocenters. The van der Waals surface area contributed by atoms with Gasteiger partial charge in [-0.15, -0.1) is 0 Å². The number of amides is 1. The highest BCUT2D eigenvalue weighted by molar-refractivity contribution is 5.96. The zero-order valence-corrected chi connectivity index (χ0v) is 10.3. The van der Waals surface area contributed by atoms with Gasteiger partial charge in [0.15, 0.2) is 0 Å². The predicted octanol–water partition coefficient (Wildman–Crippen LogP) is 1.38. The van der Waals surface area contributed by atoms with E-state index in [1.54, 1.807) is 0 Å². The first kappa shape index (κ1) is 13.3. The van der Waals surface area contributed by atoms with E-state index in [1.165, 1.54) is 12.1 Å². The highest BCUT2D eigenvalue weighted by atomic mass is 16.6. The number of carbonyl (C=O) groups is 1. The number of anilines is 1. The van der Waals surface area contributed by atoms with Crippen molar-refractivity contribution in [1.82, 2.24) is 5.32 Å². The molecule has 1 aromatic carbocycles. The van der Waals surface area contributed by atoms with E-state index in [-0.39, 0.29) is 29.1 Å². The van der Waals surface area contributed by atoms with E-state index >= 15 is 0 Å². The van der Waals surface area contributed by atoms with Crippen LogP contribution >= 0.6 is 0 Å². The standard InChI is InChI=1S/C12H15N3O4/c16-8-4-5-9(11(7-8)15(18)19)14-12(17)10-3-1-2-6-13-10/h4-5,7,10,13,16H,1-3,6H2,(H,14,17)/t10-/m1/s1. The van der Waals surface area contributed by atoms with Crippen molar-refractivity contribution in [1.29, 1.82) is 0 Å². The van der Waals surface area contributed by atoms with Gasteiger partial charge in [0.2, 0.25) is 5.91 Å². The zero-order chi connectivity index (χ0) is 13.8. The van der Waals surface area contributed by atoms with E-state index in [9.17, 15) is 20.0 Å². The summed E-state index contributed by atoms with van der Waals surface area (Å²) < 4.78 is 0. The molecule has 7 nitrogen and oxygen atoms in total. The molecule has 0 spiro atoms. The molecule has 0 bridgehead atoms. The molecular weight excluding hydrogens is 250 g/mol. The van der Waals surface area contributed by atoms with Crippen molar-refractivity contribution in [3.05, 3.63) is 28.3 Å². The summed E-state index contributed by atoms with van der Waals surface area (Å²) in [6.07, 6.45) is 2.71. The fourth-order valence-corrected chi connectivity index (χ4v) is 2.07. The summed E-state index contributed by atoms with van der Waals surface area (Å²) in [5, 5.41) is 25.7. The van der Waals surface area contributed by atoms with Crippen molar-refractivity contribution in [2.45, 2.75) is 25.3 Å². The first-order valence-corrected chi connectivity index (χ1v) is 6.09. The average Bonchev–Trinajstić information content (AvgIpc) is 2.41. The lowest BCUT2D eigenvalue weighted by atomic mass is 10.0. The first-order chi connectivity index (χ1) is 9.08. The molecule has 0 aliphatic carbocycles. The third-order valence-electron chi connectivity index (χ3n) is 3.06. The smallest absolute Gasteiger partial charge is 0.296 e. The minimum atomic E-state index is -0.635. The van der Waals surface area contributed by atoms with Crippen LogP contribution in [0, 0.1) is 10.1 Å². The van der Waals surface area contributed by atoms with Crippen molar-refractivity contribution in [2.24, 2.45) is 0 Å². The van der Waals surface area contributed by atoms with Gasteiger partial charge in [0, 0.05) is 0 Å². The van der Waals surface area contributed by atoms with Crippen LogP contribution in [-0.2, 0) is 4.79 Å². The third kappa shape index (κ3) is 3.19. The number of phenols is 1. The summed E-state index contributed by atoms with van der Waals surface area (Å²) in [6.45, 7) is 0.774. The second-order valence-electron chi connectivity index (χ2n) is 4.45. The molecule has 1 aliphatic rings. The van der Waals surface area contributed by atoms with Crippen LogP contribution in [0.25, 0.3) is 0 Å². The zero-order valence-electron chi connectivity index (χ0n) is 10.3. The Hall–Kier alpha value is -2.15. The Balaban J connectivity index is 2.13. The molecule has 1 fully saturated rings. The molecule has 0 radical (unpaired) electrons. The van der Waals surface area contributed by atoms with Crippen LogP contribution in [0.15, 0.2) is 18.2 Å². The van der Waals surface area contributed by atoms with Crippen molar-refractivity contribution in [2.75, 3.05) is 11.9 Å². The summed E-state index contributed by atoms with van der Waals surface area (Å²) in [5.74, 6) is -0.492. The number of hydrogen-bond donors (Lipinski definition) is 3. The summed E-state index contributed by atoms with van der Waals surface area (Å²) in [4.78, 5) is 22.2. The van der Waals surface area contributed by atoms with E-state index in [1.807, 2.05) is 0 Å². The van der Waals surface area contributed by atoms with Crippen molar-refractivity contribution in [3.63, 3.8) is 0 Å².